The van der Waals surface area contributed by atoms with E-state index in [4.69, 9.17) is 5.11 Å². The Hall–Kier alpha value is 0.1000. The van der Waals surface area contributed by atoms with Crippen LogP contribution in [0.4, 0.5) is 0 Å². The number of nitrogens with zero attached hydrogens (tertiary/aromatic N) is 1. The molecule has 0 saturated carbocycles. The first kappa shape index (κ1) is 10.6. The van der Waals surface area contributed by atoms with E-state index in [0.717, 1.165) is 26.1 Å². The average Bonchev–Trinajstić information content (AvgIpc) is 2.76. The lowest BCUT2D eigenvalue weighted by Crippen LogP contribution is -2.20. The number of aliphatic hydroxyl groups is 1. The van der Waals surface area contributed by atoms with Gasteiger partial charge in [-0.1, -0.05) is 0 Å². The molecule has 0 spiro atoms. The molecular formula is C10H14BrNOS. The van der Waals surface area contributed by atoms with E-state index in [0.29, 0.717) is 12.5 Å². The topological polar surface area (TPSA) is 23.5 Å². The Balaban J connectivity index is 1.87. The van der Waals surface area contributed by atoms with E-state index in [1.54, 1.807) is 11.3 Å². The van der Waals surface area contributed by atoms with E-state index >= 15 is 0 Å². The highest BCUT2D eigenvalue weighted by Gasteiger charge is 2.21. The van der Waals surface area contributed by atoms with Gasteiger partial charge in [-0.2, -0.15) is 0 Å². The summed E-state index contributed by atoms with van der Waals surface area (Å²) >= 11 is 5.26. The lowest BCUT2D eigenvalue weighted by Gasteiger charge is -2.13. The number of hydrogen-bond acceptors (Lipinski definition) is 3. The molecule has 14 heavy (non-hydrogen) atoms. The number of hydrogen-bond donors (Lipinski definition) is 1. The van der Waals surface area contributed by atoms with E-state index < -0.39 is 0 Å². The van der Waals surface area contributed by atoms with Crippen molar-refractivity contribution in [3.63, 3.8) is 0 Å². The second-order valence-electron chi connectivity index (χ2n) is 3.78. The zero-order valence-electron chi connectivity index (χ0n) is 7.95. The van der Waals surface area contributed by atoms with Gasteiger partial charge in [0.05, 0.1) is 3.79 Å². The Morgan fingerprint density at radius 3 is 3.00 bits per heavy atom. The molecule has 4 heteroatoms. The Bertz CT molecular complexity index is 302. The summed E-state index contributed by atoms with van der Waals surface area (Å²) in [5.41, 5.74) is 0. The van der Waals surface area contributed by atoms with E-state index in [2.05, 4.69) is 33.0 Å². The van der Waals surface area contributed by atoms with Crippen molar-refractivity contribution in [2.24, 2.45) is 5.92 Å². The van der Waals surface area contributed by atoms with Crippen LogP contribution in [-0.2, 0) is 6.54 Å². The summed E-state index contributed by atoms with van der Waals surface area (Å²) in [5.74, 6) is 0.499. The maximum absolute atomic E-state index is 9.02. The summed E-state index contributed by atoms with van der Waals surface area (Å²) < 4.78 is 1.20. The van der Waals surface area contributed by atoms with E-state index in [-0.39, 0.29) is 0 Å². The third-order valence-electron chi connectivity index (χ3n) is 2.64. The van der Waals surface area contributed by atoms with Crippen molar-refractivity contribution < 1.29 is 5.11 Å². The first-order valence-electron chi connectivity index (χ1n) is 4.85. The van der Waals surface area contributed by atoms with Gasteiger partial charge >= 0.3 is 0 Å². The highest BCUT2D eigenvalue weighted by atomic mass is 79.9. The predicted molar refractivity (Wildman–Crippen MR) is 62.5 cm³/mol. The molecule has 1 aromatic heterocycles. The minimum Gasteiger partial charge on any atom is -0.396 e. The molecule has 0 unspecified atom stereocenters. The molecule has 0 aliphatic carbocycles. The van der Waals surface area contributed by atoms with Crippen LogP contribution in [0.15, 0.2) is 15.9 Å². The van der Waals surface area contributed by atoms with Crippen LogP contribution in [0.2, 0.25) is 0 Å². The quantitative estimate of drug-likeness (QED) is 0.916. The first-order valence-corrected chi connectivity index (χ1v) is 6.46. The maximum atomic E-state index is 9.02. The molecule has 1 aromatic rings. The molecule has 2 nitrogen and oxygen atoms in total. The largest absolute Gasteiger partial charge is 0.396 e. The summed E-state index contributed by atoms with van der Waals surface area (Å²) in [6.07, 6.45) is 1.14. The fraction of sp³-hybridized carbons (Fsp3) is 0.600. The minimum atomic E-state index is 0.338. The predicted octanol–water partition coefficient (Wildman–Crippen LogP) is 2.32. The van der Waals surface area contributed by atoms with Crippen LogP contribution in [0, 0.1) is 5.92 Å². The van der Waals surface area contributed by atoms with E-state index in [1.165, 1.54) is 8.66 Å². The molecule has 1 N–H and O–H groups in total. The van der Waals surface area contributed by atoms with Crippen molar-refractivity contribution in [2.45, 2.75) is 13.0 Å². The van der Waals surface area contributed by atoms with Crippen molar-refractivity contribution in [3.8, 4) is 0 Å². The van der Waals surface area contributed by atoms with Crippen LogP contribution < -0.4 is 0 Å². The molecule has 1 atom stereocenters. The standard InChI is InChI=1S/C10H14BrNOS/c11-10-2-1-9(14-10)6-12-4-3-8(5-12)7-13/h1-2,8,13H,3-7H2/t8-/m1/s1. The second-order valence-corrected chi connectivity index (χ2v) is 6.33. The van der Waals surface area contributed by atoms with Gasteiger partial charge in [-0.3, -0.25) is 4.90 Å². The Morgan fingerprint density at radius 1 is 1.57 bits per heavy atom. The molecule has 78 valence electrons. The summed E-state index contributed by atoms with van der Waals surface area (Å²) in [6, 6.07) is 4.26. The number of rotatable bonds is 3. The molecular weight excluding hydrogens is 262 g/mol. The fourth-order valence-electron chi connectivity index (χ4n) is 1.86. The van der Waals surface area contributed by atoms with Gasteiger partial charge in [0.15, 0.2) is 0 Å². The first-order chi connectivity index (χ1) is 6.78. The Morgan fingerprint density at radius 2 is 2.43 bits per heavy atom. The van der Waals surface area contributed by atoms with Crippen LogP contribution in [0.1, 0.15) is 11.3 Å². The molecule has 1 fully saturated rings. The van der Waals surface area contributed by atoms with Crippen LogP contribution in [0.5, 0.6) is 0 Å². The van der Waals surface area contributed by atoms with Crippen LogP contribution >= 0.6 is 27.3 Å². The summed E-state index contributed by atoms with van der Waals surface area (Å²) in [4.78, 5) is 3.81. The zero-order chi connectivity index (χ0) is 9.97. The van der Waals surface area contributed by atoms with Crippen molar-refractivity contribution in [1.82, 2.24) is 4.90 Å². The molecule has 0 amide bonds. The highest BCUT2D eigenvalue weighted by molar-refractivity contribution is 9.11. The minimum absolute atomic E-state index is 0.338. The molecule has 0 aromatic carbocycles. The third-order valence-corrected chi connectivity index (χ3v) is 4.24. The van der Waals surface area contributed by atoms with Gasteiger partial charge in [0.25, 0.3) is 0 Å². The van der Waals surface area contributed by atoms with Crippen molar-refractivity contribution in [1.29, 1.82) is 0 Å². The van der Waals surface area contributed by atoms with Gasteiger partial charge < -0.3 is 5.11 Å². The van der Waals surface area contributed by atoms with Gasteiger partial charge in [0.2, 0.25) is 0 Å². The molecule has 2 heterocycles. The SMILES string of the molecule is OC[C@@H]1CCN(Cc2ccc(Br)s2)C1. The van der Waals surface area contributed by atoms with Gasteiger partial charge in [0, 0.05) is 24.6 Å². The second kappa shape index (κ2) is 4.75. The number of aliphatic hydroxyl groups excluding tert-OH is 1. The molecule has 1 aliphatic rings. The van der Waals surface area contributed by atoms with Crippen molar-refractivity contribution in [3.05, 3.63) is 20.8 Å². The maximum Gasteiger partial charge on any atom is 0.0701 e. The summed E-state index contributed by atoms with van der Waals surface area (Å²) in [7, 11) is 0. The Labute approximate surface area is 96.7 Å². The van der Waals surface area contributed by atoms with Gasteiger partial charge in [-0.15, -0.1) is 11.3 Å². The van der Waals surface area contributed by atoms with E-state index in [1.807, 2.05) is 0 Å². The number of thiophene rings is 1. The summed E-state index contributed by atoms with van der Waals surface area (Å²) in [6.45, 7) is 3.55. The normalized spacial score (nSPS) is 23.1. The fourth-order valence-corrected chi connectivity index (χ4v) is 3.39. The van der Waals surface area contributed by atoms with Crippen molar-refractivity contribution in [2.75, 3.05) is 19.7 Å². The Kier molecular flexibility index (Phi) is 3.60. The van der Waals surface area contributed by atoms with Gasteiger partial charge in [-0.05, 0) is 46.9 Å². The van der Waals surface area contributed by atoms with Gasteiger partial charge in [-0.25, -0.2) is 0 Å². The lowest BCUT2D eigenvalue weighted by atomic mass is 10.1. The lowest BCUT2D eigenvalue weighted by molar-refractivity contribution is 0.220. The molecule has 1 aliphatic heterocycles. The van der Waals surface area contributed by atoms with Crippen LogP contribution in [0.3, 0.4) is 0 Å². The van der Waals surface area contributed by atoms with Crippen LogP contribution in [0.25, 0.3) is 0 Å². The van der Waals surface area contributed by atoms with Crippen molar-refractivity contribution >= 4 is 27.3 Å². The summed E-state index contributed by atoms with van der Waals surface area (Å²) in [5, 5.41) is 9.02. The number of likely N-dealkylation sites (tertiary alicyclic amines) is 1. The smallest absolute Gasteiger partial charge is 0.0701 e. The number of halogens is 1. The third kappa shape index (κ3) is 2.57. The monoisotopic (exact) mass is 275 g/mol. The zero-order valence-corrected chi connectivity index (χ0v) is 10.4. The molecule has 2 rings (SSSR count). The van der Waals surface area contributed by atoms with Crippen LogP contribution in [-0.4, -0.2) is 29.7 Å². The van der Waals surface area contributed by atoms with Gasteiger partial charge in [0.1, 0.15) is 0 Å². The van der Waals surface area contributed by atoms with E-state index in [9.17, 15) is 0 Å². The highest BCUT2D eigenvalue weighted by Crippen LogP contribution is 2.25. The molecule has 1 saturated heterocycles. The molecule has 0 bridgehead atoms. The average molecular weight is 276 g/mol. The molecule has 0 radical (unpaired) electrons.